The first-order valence-electron chi connectivity index (χ1n) is 8.83. The first kappa shape index (κ1) is 16.0. The van der Waals surface area contributed by atoms with E-state index in [9.17, 15) is 0 Å². The van der Waals surface area contributed by atoms with E-state index in [0.29, 0.717) is 6.04 Å². The number of nitrogens with zero attached hydrogens (tertiary/aromatic N) is 1. The SMILES string of the molecule is CN1CCCC[C@@H]1/C=C/c1ccccc1CCc1ccccc1. The Kier molecular flexibility index (Phi) is 5.65. The monoisotopic (exact) mass is 305 g/mol. The first-order valence-corrected chi connectivity index (χ1v) is 8.83. The summed E-state index contributed by atoms with van der Waals surface area (Å²) in [4.78, 5) is 2.48. The highest BCUT2D eigenvalue weighted by Gasteiger charge is 2.15. The second-order valence-electron chi connectivity index (χ2n) is 6.59. The van der Waals surface area contributed by atoms with Gasteiger partial charge in [0, 0.05) is 6.04 Å². The third kappa shape index (κ3) is 4.56. The zero-order valence-corrected chi connectivity index (χ0v) is 14.1. The molecule has 1 heteroatoms. The van der Waals surface area contributed by atoms with Crippen LogP contribution in [0.2, 0.25) is 0 Å². The average molecular weight is 305 g/mol. The van der Waals surface area contributed by atoms with Crippen LogP contribution in [-0.2, 0) is 12.8 Å². The third-order valence-corrected chi connectivity index (χ3v) is 4.91. The molecule has 23 heavy (non-hydrogen) atoms. The van der Waals surface area contributed by atoms with Crippen LogP contribution in [0.1, 0.15) is 36.0 Å². The van der Waals surface area contributed by atoms with Crippen LogP contribution in [0.25, 0.3) is 6.08 Å². The lowest BCUT2D eigenvalue weighted by Gasteiger charge is -2.30. The molecule has 3 rings (SSSR count). The lowest BCUT2D eigenvalue weighted by molar-refractivity contribution is 0.222. The predicted octanol–water partition coefficient (Wildman–Crippen LogP) is 4.97. The van der Waals surface area contributed by atoms with E-state index in [-0.39, 0.29) is 0 Å². The Morgan fingerprint density at radius 1 is 0.957 bits per heavy atom. The van der Waals surface area contributed by atoms with Crippen LogP contribution in [0, 0.1) is 0 Å². The van der Waals surface area contributed by atoms with E-state index < -0.39 is 0 Å². The molecule has 0 amide bonds. The minimum absolute atomic E-state index is 0.603. The van der Waals surface area contributed by atoms with Crippen molar-refractivity contribution in [3.8, 4) is 0 Å². The topological polar surface area (TPSA) is 3.24 Å². The normalized spacial score (nSPS) is 19.3. The highest BCUT2D eigenvalue weighted by molar-refractivity contribution is 5.54. The van der Waals surface area contributed by atoms with Crippen molar-refractivity contribution >= 4 is 6.08 Å². The summed E-state index contributed by atoms with van der Waals surface area (Å²) in [5, 5.41) is 0. The molecule has 2 aromatic carbocycles. The number of rotatable bonds is 5. The standard InChI is InChI=1S/C22H27N/c1-23-18-8-7-13-22(23)17-16-21-12-6-5-11-20(21)15-14-19-9-3-2-4-10-19/h2-6,9-12,16-17,22H,7-8,13-15,18H2,1H3/b17-16+/t22-/m1/s1. The Balaban J connectivity index is 1.67. The highest BCUT2D eigenvalue weighted by Crippen LogP contribution is 2.19. The van der Waals surface area contributed by atoms with Crippen molar-refractivity contribution in [1.29, 1.82) is 0 Å². The van der Waals surface area contributed by atoms with Crippen molar-refractivity contribution in [1.82, 2.24) is 4.90 Å². The molecule has 0 aliphatic carbocycles. The Hall–Kier alpha value is -1.86. The summed E-state index contributed by atoms with van der Waals surface area (Å²) in [5.74, 6) is 0. The number of hydrogen-bond acceptors (Lipinski definition) is 1. The highest BCUT2D eigenvalue weighted by atomic mass is 15.1. The summed E-state index contributed by atoms with van der Waals surface area (Å²) in [6.45, 7) is 1.23. The van der Waals surface area contributed by atoms with E-state index in [2.05, 4.69) is 78.7 Å². The number of benzene rings is 2. The second kappa shape index (κ2) is 8.12. The summed E-state index contributed by atoms with van der Waals surface area (Å²) in [6, 6.07) is 20.2. The predicted molar refractivity (Wildman–Crippen MR) is 99.6 cm³/mol. The van der Waals surface area contributed by atoms with Crippen LogP contribution < -0.4 is 0 Å². The molecule has 0 radical (unpaired) electrons. The van der Waals surface area contributed by atoms with Crippen molar-refractivity contribution in [2.45, 2.75) is 38.1 Å². The van der Waals surface area contributed by atoms with Crippen LogP contribution >= 0.6 is 0 Å². The van der Waals surface area contributed by atoms with E-state index >= 15 is 0 Å². The fourth-order valence-electron chi connectivity index (χ4n) is 3.41. The maximum absolute atomic E-state index is 2.48. The molecule has 0 aromatic heterocycles. The van der Waals surface area contributed by atoms with E-state index in [1.165, 1.54) is 42.5 Å². The van der Waals surface area contributed by atoms with Gasteiger partial charge in [-0.1, -0.05) is 73.2 Å². The largest absolute Gasteiger partial charge is 0.300 e. The van der Waals surface area contributed by atoms with Gasteiger partial charge < -0.3 is 0 Å². The summed E-state index contributed by atoms with van der Waals surface area (Å²) in [5.41, 5.74) is 4.24. The van der Waals surface area contributed by atoms with Crippen molar-refractivity contribution in [3.63, 3.8) is 0 Å². The molecule has 0 spiro atoms. The average Bonchev–Trinajstić information content (AvgIpc) is 2.61. The molecule has 1 aliphatic heterocycles. The molecular weight excluding hydrogens is 278 g/mol. The van der Waals surface area contributed by atoms with Crippen molar-refractivity contribution in [3.05, 3.63) is 77.4 Å². The number of likely N-dealkylation sites (tertiary alicyclic amines) is 1. The fraction of sp³-hybridized carbons (Fsp3) is 0.364. The maximum Gasteiger partial charge on any atom is 0.0278 e. The fourth-order valence-corrected chi connectivity index (χ4v) is 3.41. The van der Waals surface area contributed by atoms with Gasteiger partial charge in [0.2, 0.25) is 0 Å². The van der Waals surface area contributed by atoms with E-state index in [0.717, 1.165) is 12.8 Å². The molecule has 1 nitrogen and oxygen atoms in total. The molecule has 120 valence electrons. The molecular formula is C22H27N. The lowest BCUT2D eigenvalue weighted by Crippen LogP contribution is -2.34. The lowest BCUT2D eigenvalue weighted by atomic mass is 9.97. The minimum Gasteiger partial charge on any atom is -0.300 e. The van der Waals surface area contributed by atoms with Crippen LogP contribution in [0.3, 0.4) is 0 Å². The third-order valence-electron chi connectivity index (χ3n) is 4.91. The van der Waals surface area contributed by atoms with E-state index in [1.807, 2.05) is 0 Å². The van der Waals surface area contributed by atoms with Gasteiger partial charge in [0.1, 0.15) is 0 Å². The van der Waals surface area contributed by atoms with Gasteiger partial charge in [-0.25, -0.2) is 0 Å². The number of likely N-dealkylation sites (N-methyl/N-ethyl adjacent to an activating group) is 1. The maximum atomic E-state index is 2.48. The molecule has 1 aliphatic rings. The quantitative estimate of drug-likeness (QED) is 0.754. The smallest absolute Gasteiger partial charge is 0.0278 e. The molecule has 1 fully saturated rings. The van der Waals surface area contributed by atoms with Crippen molar-refractivity contribution < 1.29 is 0 Å². The second-order valence-corrected chi connectivity index (χ2v) is 6.59. The Morgan fingerprint density at radius 2 is 1.74 bits per heavy atom. The molecule has 1 heterocycles. The van der Waals surface area contributed by atoms with Crippen LogP contribution in [0.4, 0.5) is 0 Å². The molecule has 0 bridgehead atoms. The van der Waals surface area contributed by atoms with Gasteiger partial charge in [-0.2, -0.15) is 0 Å². The molecule has 0 unspecified atom stereocenters. The van der Waals surface area contributed by atoms with Crippen molar-refractivity contribution in [2.24, 2.45) is 0 Å². The van der Waals surface area contributed by atoms with Gasteiger partial charge in [0.15, 0.2) is 0 Å². The Bertz CT molecular complexity index is 629. The molecule has 1 atom stereocenters. The number of piperidine rings is 1. The van der Waals surface area contributed by atoms with Gasteiger partial charge in [-0.05, 0) is 56.0 Å². The Labute approximate surface area is 140 Å². The van der Waals surface area contributed by atoms with E-state index in [4.69, 9.17) is 0 Å². The summed E-state index contributed by atoms with van der Waals surface area (Å²) < 4.78 is 0. The van der Waals surface area contributed by atoms with Crippen LogP contribution in [-0.4, -0.2) is 24.5 Å². The van der Waals surface area contributed by atoms with Crippen LogP contribution in [0.15, 0.2) is 60.7 Å². The number of hydrogen-bond donors (Lipinski definition) is 0. The molecule has 2 aromatic rings. The van der Waals surface area contributed by atoms with Gasteiger partial charge in [0.05, 0.1) is 0 Å². The van der Waals surface area contributed by atoms with Crippen molar-refractivity contribution in [2.75, 3.05) is 13.6 Å². The van der Waals surface area contributed by atoms with Gasteiger partial charge >= 0.3 is 0 Å². The molecule has 0 saturated carbocycles. The summed E-state index contributed by atoms with van der Waals surface area (Å²) in [6.07, 6.45) is 10.9. The first-order chi connectivity index (χ1) is 11.3. The van der Waals surface area contributed by atoms with Gasteiger partial charge in [0.25, 0.3) is 0 Å². The van der Waals surface area contributed by atoms with Gasteiger partial charge in [-0.15, -0.1) is 0 Å². The Morgan fingerprint density at radius 3 is 2.57 bits per heavy atom. The molecule has 1 saturated heterocycles. The number of aryl methyl sites for hydroxylation is 2. The molecule has 0 N–H and O–H groups in total. The van der Waals surface area contributed by atoms with Crippen LogP contribution in [0.5, 0.6) is 0 Å². The van der Waals surface area contributed by atoms with Gasteiger partial charge in [-0.3, -0.25) is 4.90 Å². The zero-order valence-electron chi connectivity index (χ0n) is 14.1. The van der Waals surface area contributed by atoms with E-state index in [1.54, 1.807) is 0 Å². The minimum atomic E-state index is 0.603. The summed E-state index contributed by atoms with van der Waals surface area (Å²) >= 11 is 0. The zero-order chi connectivity index (χ0) is 15.9. The summed E-state index contributed by atoms with van der Waals surface area (Å²) in [7, 11) is 2.25.